The first-order chi connectivity index (χ1) is 11.5. The van der Waals surface area contributed by atoms with Gasteiger partial charge in [-0.3, -0.25) is 0 Å². The van der Waals surface area contributed by atoms with Gasteiger partial charge >= 0.3 is 5.97 Å². The van der Waals surface area contributed by atoms with Gasteiger partial charge in [0, 0.05) is 18.1 Å². The number of carbonyl (C=O) groups excluding carboxylic acids is 1. The van der Waals surface area contributed by atoms with E-state index < -0.39 is 17.8 Å². The molecular weight excluding hydrogens is 330 g/mol. The van der Waals surface area contributed by atoms with Gasteiger partial charge in [0.15, 0.2) is 0 Å². The molecule has 0 aliphatic carbocycles. The molecule has 1 aromatic carbocycles. The minimum absolute atomic E-state index is 0.109. The van der Waals surface area contributed by atoms with Crippen molar-refractivity contribution in [1.29, 1.82) is 5.26 Å². The Morgan fingerprint density at radius 1 is 1.42 bits per heavy atom. The Balaban J connectivity index is 2.49. The molecule has 6 nitrogen and oxygen atoms in total. The zero-order valence-corrected chi connectivity index (χ0v) is 14.2. The molecule has 1 aliphatic rings. The van der Waals surface area contributed by atoms with Crippen LogP contribution in [0.1, 0.15) is 18.4 Å². The highest BCUT2D eigenvalue weighted by atomic mass is 35.5. The quantitative estimate of drug-likeness (QED) is 0.651. The van der Waals surface area contributed by atoms with Gasteiger partial charge in [-0.05, 0) is 18.6 Å². The molecule has 0 amide bonds. The topological polar surface area (TPSA) is 97.7 Å². The number of aliphatic imine (C=N–C) groups is 1. The van der Waals surface area contributed by atoms with Crippen molar-refractivity contribution in [2.24, 2.45) is 16.6 Å². The monoisotopic (exact) mass is 347 g/mol. The zero-order chi connectivity index (χ0) is 17.7. The largest absolute Gasteiger partial charge is 0.460 e. The highest BCUT2D eigenvalue weighted by Crippen LogP contribution is 2.40. The molecule has 1 aliphatic heterocycles. The minimum Gasteiger partial charge on any atom is -0.460 e. The number of ether oxygens (including phenoxy) is 2. The van der Waals surface area contributed by atoms with Gasteiger partial charge in [-0.2, -0.15) is 5.26 Å². The average Bonchev–Trinajstić information content (AvgIpc) is 2.55. The van der Waals surface area contributed by atoms with Crippen molar-refractivity contribution < 1.29 is 14.3 Å². The van der Waals surface area contributed by atoms with E-state index in [-0.39, 0.29) is 19.0 Å². The summed E-state index contributed by atoms with van der Waals surface area (Å²) in [6, 6.07) is 9.17. The van der Waals surface area contributed by atoms with Crippen molar-refractivity contribution in [3.63, 3.8) is 0 Å². The second-order valence-electron chi connectivity index (χ2n) is 5.27. The molecule has 0 aromatic heterocycles. The molecule has 2 rings (SSSR count). The summed E-state index contributed by atoms with van der Waals surface area (Å²) in [5, 5.41) is 9.99. The van der Waals surface area contributed by atoms with Crippen LogP contribution in [-0.4, -0.2) is 32.1 Å². The summed E-state index contributed by atoms with van der Waals surface area (Å²) in [6.07, 6.45) is 0. The predicted octanol–water partition coefficient (Wildman–Crippen LogP) is 2.40. The SMILES string of the molecule is COCCOC(=O)C1=C(C)N=C(N)C(C#N)C1c1ccccc1Cl. The van der Waals surface area contributed by atoms with Crippen LogP contribution in [0.25, 0.3) is 0 Å². The maximum atomic E-state index is 12.5. The van der Waals surface area contributed by atoms with Crippen molar-refractivity contribution in [3.05, 3.63) is 46.1 Å². The van der Waals surface area contributed by atoms with E-state index in [1.54, 1.807) is 31.2 Å². The molecule has 2 unspecified atom stereocenters. The number of methoxy groups -OCH3 is 1. The number of esters is 1. The van der Waals surface area contributed by atoms with Crippen molar-refractivity contribution in [1.82, 2.24) is 0 Å². The normalized spacial score (nSPS) is 20.3. The summed E-state index contributed by atoms with van der Waals surface area (Å²) in [6.45, 7) is 2.05. The van der Waals surface area contributed by atoms with Gasteiger partial charge in [0.25, 0.3) is 0 Å². The first-order valence-corrected chi connectivity index (χ1v) is 7.74. The highest BCUT2D eigenvalue weighted by molar-refractivity contribution is 6.31. The van der Waals surface area contributed by atoms with Crippen LogP contribution in [-0.2, 0) is 14.3 Å². The summed E-state index contributed by atoms with van der Waals surface area (Å²) < 4.78 is 10.1. The fourth-order valence-corrected chi connectivity index (χ4v) is 2.91. The van der Waals surface area contributed by atoms with Crippen LogP contribution < -0.4 is 5.73 Å². The van der Waals surface area contributed by atoms with Crippen LogP contribution in [0.5, 0.6) is 0 Å². The molecule has 0 fully saturated rings. The van der Waals surface area contributed by atoms with Gasteiger partial charge in [0.2, 0.25) is 0 Å². The average molecular weight is 348 g/mol. The number of amidine groups is 1. The molecule has 2 atom stereocenters. The molecule has 2 N–H and O–H groups in total. The Morgan fingerprint density at radius 2 is 2.12 bits per heavy atom. The van der Waals surface area contributed by atoms with Crippen LogP contribution >= 0.6 is 11.6 Å². The predicted molar refractivity (Wildman–Crippen MR) is 90.5 cm³/mol. The lowest BCUT2D eigenvalue weighted by atomic mass is 9.78. The molecule has 0 radical (unpaired) electrons. The smallest absolute Gasteiger partial charge is 0.336 e. The first kappa shape index (κ1) is 18.0. The van der Waals surface area contributed by atoms with Gasteiger partial charge in [-0.15, -0.1) is 0 Å². The molecule has 1 aromatic rings. The van der Waals surface area contributed by atoms with Gasteiger partial charge in [-0.1, -0.05) is 29.8 Å². The number of nitrogens with zero attached hydrogens (tertiary/aromatic N) is 2. The van der Waals surface area contributed by atoms with Gasteiger partial charge in [-0.25, -0.2) is 9.79 Å². The maximum absolute atomic E-state index is 12.5. The van der Waals surface area contributed by atoms with Crippen LogP contribution in [0.2, 0.25) is 5.02 Å². The summed E-state index contributed by atoms with van der Waals surface area (Å²) in [7, 11) is 1.52. The second kappa shape index (κ2) is 7.95. The number of allylic oxidation sites excluding steroid dienone is 1. The van der Waals surface area contributed by atoms with Crippen molar-refractivity contribution in [3.8, 4) is 6.07 Å². The summed E-state index contributed by atoms with van der Waals surface area (Å²) in [5.74, 6) is -1.81. The lowest BCUT2D eigenvalue weighted by Gasteiger charge is -2.29. The van der Waals surface area contributed by atoms with Crippen LogP contribution in [0.15, 0.2) is 40.5 Å². The molecule has 0 saturated carbocycles. The first-order valence-electron chi connectivity index (χ1n) is 7.36. The van der Waals surface area contributed by atoms with E-state index in [2.05, 4.69) is 11.1 Å². The molecule has 24 heavy (non-hydrogen) atoms. The van der Waals surface area contributed by atoms with Crippen LogP contribution in [0.3, 0.4) is 0 Å². The van der Waals surface area contributed by atoms with E-state index in [1.165, 1.54) is 7.11 Å². The van der Waals surface area contributed by atoms with Crippen molar-refractivity contribution >= 4 is 23.4 Å². The summed E-state index contributed by atoms with van der Waals surface area (Å²) in [5.41, 5.74) is 7.27. The molecular formula is C17H18ClN3O3. The third kappa shape index (κ3) is 3.58. The standard InChI is InChI=1S/C17H18ClN3O3/c1-10-14(17(22)24-8-7-23-2)15(12(9-19)16(20)21-10)11-5-3-4-6-13(11)18/h3-6,12,15H,7-8H2,1-2H3,(H2,20,21). The second-order valence-corrected chi connectivity index (χ2v) is 5.68. The maximum Gasteiger partial charge on any atom is 0.336 e. The molecule has 0 spiro atoms. The number of benzene rings is 1. The van der Waals surface area contributed by atoms with E-state index in [4.69, 9.17) is 26.8 Å². The third-order valence-electron chi connectivity index (χ3n) is 3.77. The molecule has 1 heterocycles. The van der Waals surface area contributed by atoms with Crippen molar-refractivity contribution in [2.75, 3.05) is 20.3 Å². The van der Waals surface area contributed by atoms with Crippen LogP contribution in [0.4, 0.5) is 0 Å². The van der Waals surface area contributed by atoms with E-state index in [1.807, 2.05) is 0 Å². The fourth-order valence-electron chi connectivity index (χ4n) is 2.66. The number of nitriles is 1. The highest BCUT2D eigenvalue weighted by Gasteiger charge is 2.39. The summed E-state index contributed by atoms with van der Waals surface area (Å²) >= 11 is 6.29. The summed E-state index contributed by atoms with van der Waals surface area (Å²) in [4.78, 5) is 16.7. The Bertz CT molecular complexity index is 737. The zero-order valence-electron chi connectivity index (χ0n) is 13.5. The van der Waals surface area contributed by atoms with Gasteiger partial charge in [0.1, 0.15) is 18.4 Å². The number of carbonyl (C=O) groups is 1. The number of rotatable bonds is 5. The number of hydrogen-bond donors (Lipinski definition) is 1. The Labute approximate surface area is 145 Å². The van der Waals surface area contributed by atoms with E-state index in [9.17, 15) is 10.1 Å². The van der Waals surface area contributed by atoms with E-state index in [0.717, 1.165) is 0 Å². The third-order valence-corrected chi connectivity index (χ3v) is 4.11. The Morgan fingerprint density at radius 3 is 2.75 bits per heavy atom. The minimum atomic E-state index is -0.793. The molecule has 0 bridgehead atoms. The van der Waals surface area contributed by atoms with Gasteiger partial charge < -0.3 is 15.2 Å². The number of halogens is 1. The van der Waals surface area contributed by atoms with Crippen molar-refractivity contribution in [2.45, 2.75) is 12.8 Å². The van der Waals surface area contributed by atoms with Crippen LogP contribution in [0, 0.1) is 17.2 Å². The Hall–Kier alpha value is -2.36. The lowest BCUT2D eigenvalue weighted by molar-refractivity contribution is -0.140. The number of nitrogens with two attached hydrogens (primary N) is 1. The molecule has 7 heteroatoms. The van der Waals surface area contributed by atoms with E-state index in [0.29, 0.717) is 21.9 Å². The van der Waals surface area contributed by atoms with Gasteiger partial charge in [0.05, 0.1) is 23.9 Å². The van der Waals surface area contributed by atoms with E-state index >= 15 is 0 Å². The fraction of sp³-hybridized carbons (Fsp3) is 0.353. The lowest BCUT2D eigenvalue weighted by Crippen LogP contribution is -2.35. The molecule has 126 valence electrons. The molecule has 0 saturated heterocycles. The number of hydrogen-bond acceptors (Lipinski definition) is 6. The Kier molecular flexibility index (Phi) is 5.96.